The van der Waals surface area contributed by atoms with Gasteiger partial charge in [-0.2, -0.15) is 0 Å². The maximum atomic E-state index is 5.87. The molecule has 0 saturated heterocycles. The Balaban J connectivity index is 2.12. The molecule has 0 N–H and O–H groups in total. The summed E-state index contributed by atoms with van der Waals surface area (Å²) in [7, 11) is 0. The van der Waals surface area contributed by atoms with Gasteiger partial charge in [-0.1, -0.05) is 55.4 Å². The van der Waals surface area contributed by atoms with Crippen molar-refractivity contribution < 1.29 is 9.47 Å². The lowest BCUT2D eigenvalue weighted by Crippen LogP contribution is -2.29. The van der Waals surface area contributed by atoms with Crippen LogP contribution in [-0.2, 0) is 9.47 Å². The molecule has 0 aliphatic carbocycles. The van der Waals surface area contributed by atoms with E-state index in [1.807, 2.05) is 0 Å². The molecule has 0 unspecified atom stereocenters. The lowest BCUT2D eigenvalue weighted by atomic mass is 9.80. The smallest absolute Gasteiger partial charge is 0.273 e. The highest BCUT2D eigenvalue weighted by Gasteiger charge is 2.37. The Bertz CT molecular complexity index is 420. The van der Waals surface area contributed by atoms with Crippen molar-refractivity contribution in [2.75, 3.05) is 13.2 Å². The van der Waals surface area contributed by atoms with Gasteiger partial charge in [0.2, 0.25) is 0 Å². The van der Waals surface area contributed by atoms with Crippen LogP contribution in [0, 0.1) is 35.5 Å². The van der Waals surface area contributed by atoms with Crippen LogP contribution in [0.3, 0.4) is 0 Å². The maximum absolute atomic E-state index is 5.87. The van der Waals surface area contributed by atoms with Crippen molar-refractivity contribution in [2.24, 2.45) is 45.5 Å². The number of ether oxygens (including phenoxy) is 2. The minimum Gasteiger partial charge on any atom is -0.472 e. The quantitative estimate of drug-likeness (QED) is 0.690. The van der Waals surface area contributed by atoms with Gasteiger partial charge in [0.25, 0.3) is 11.8 Å². The Morgan fingerprint density at radius 1 is 0.625 bits per heavy atom. The van der Waals surface area contributed by atoms with Crippen molar-refractivity contribution >= 4 is 11.8 Å². The van der Waals surface area contributed by atoms with Crippen molar-refractivity contribution in [1.29, 1.82) is 0 Å². The zero-order chi connectivity index (χ0) is 18.0. The second kappa shape index (κ2) is 7.88. The third-order valence-corrected chi connectivity index (χ3v) is 5.50. The van der Waals surface area contributed by atoms with Gasteiger partial charge in [0.15, 0.2) is 0 Å². The summed E-state index contributed by atoms with van der Waals surface area (Å²) in [5, 5.41) is 0. The average molecular weight is 337 g/mol. The molecule has 0 aromatic rings. The molecule has 2 heterocycles. The Morgan fingerprint density at radius 3 is 1.17 bits per heavy atom. The van der Waals surface area contributed by atoms with Gasteiger partial charge in [0, 0.05) is 0 Å². The second-order valence-electron chi connectivity index (χ2n) is 8.76. The predicted octanol–water partition coefficient (Wildman–Crippen LogP) is 4.44. The van der Waals surface area contributed by atoms with Crippen LogP contribution < -0.4 is 0 Å². The Hall–Kier alpha value is -1.06. The first kappa shape index (κ1) is 19.3. The number of hydrogen-bond donors (Lipinski definition) is 0. The molecular weight excluding hydrogens is 300 g/mol. The summed E-state index contributed by atoms with van der Waals surface area (Å²) < 4.78 is 11.7. The molecular formula is C20H36N2O2. The molecule has 0 aromatic carbocycles. The summed E-state index contributed by atoms with van der Waals surface area (Å²) in [6.45, 7) is 19.5. The van der Waals surface area contributed by atoms with Gasteiger partial charge >= 0.3 is 0 Å². The number of nitrogens with zero attached hydrogens (tertiary/aromatic N) is 2. The first-order valence-electron chi connectivity index (χ1n) is 9.63. The topological polar surface area (TPSA) is 43.2 Å². The Morgan fingerprint density at radius 2 is 0.917 bits per heavy atom. The monoisotopic (exact) mass is 336 g/mol. The molecule has 4 nitrogen and oxygen atoms in total. The second-order valence-corrected chi connectivity index (χ2v) is 8.76. The van der Waals surface area contributed by atoms with Crippen LogP contribution in [0.25, 0.3) is 0 Å². The summed E-state index contributed by atoms with van der Waals surface area (Å²) in [6, 6.07) is 0.438. The van der Waals surface area contributed by atoms with Crippen molar-refractivity contribution in [3.63, 3.8) is 0 Å². The first-order chi connectivity index (χ1) is 11.2. The molecule has 138 valence electrons. The lowest BCUT2D eigenvalue weighted by Gasteiger charge is -2.27. The number of hydrogen-bond acceptors (Lipinski definition) is 4. The van der Waals surface area contributed by atoms with Gasteiger partial charge in [0.1, 0.15) is 13.2 Å². The van der Waals surface area contributed by atoms with Gasteiger partial charge in [-0.05, 0) is 35.5 Å². The molecule has 2 rings (SSSR count). The van der Waals surface area contributed by atoms with Gasteiger partial charge in [-0.3, -0.25) is 0 Å². The van der Waals surface area contributed by atoms with E-state index in [1.54, 1.807) is 0 Å². The van der Waals surface area contributed by atoms with Crippen LogP contribution in [0.15, 0.2) is 9.98 Å². The first-order valence-corrected chi connectivity index (χ1v) is 9.63. The highest BCUT2D eigenvalue weighted by molar-refractivity contribution is 6.36. The van der Waals surface area contributed by atoms with Crippen molar-refractivity contribution in [3.8, 4) is 0 Å². The van der Waals surface area contributed by atoms with Crippen molar-refractivity contribution in [3.05, 3.63) is 0 Å². The molecule has 0 saturated carbocycles. The fraction of sp³-hybridized carbons (Fsp3) is 0.900. The molecule has 2 aliphatic rings. The minimum absolute atomic E-state index is 0.219. The highest BCUT2D eigenvalue weighted by atomic mass is 16.5. The molecule has 0 bridgehead atoms. The van der Waals surface area contributed by atoms with Crippen LogP contribution >= 0.6 is 0 Å². The summed E-state index contributed by atoms with van der Waals surface area (Å²) in [4.78, 5) is 9.67. The summed E-state index contributed by atoms with van der Waals surface area (Å²) >= 11 is 0. The SMILES string of the molecule is CC(C)C(C(C)C)[C@H]1COC(C2=N[C@@H](C(C(C)C)C(C)C)CO2)=N1. The molecule has 0 spiro atoms. The number of rotatable bonds is 7. The van der Waals surface area contributed by atoms with E-state index in [4.69, 9.17) is 19.5 Å². The van der Waals surface area contributed by atoms with Crippen LogP contribution in [-0.4, -0.2) is 37.1 Å². The van der Waals surface area contributed by atoms with Gasteiger partial charge in [-0.15, -0.1) is 0 Å². The van der Waals surface area contributed by atoms with E-state index in [1.165, 1.54) is 0 Å². The standard InChI is InChI=1S/C20H36N2O2/c1-11(2)17(12(3)4)15-9-23-19(21-15)20-22-16(10-24-20)18(13(5)6)14(7)8/h11-18H,9-10H2,1-8H3/t15-,16-/m1/s1. The average Bonchev–Trinajstić information content (AvgIpc) is 3.06. The maximum Gasteiger partial charge on any atom is 0.273 e. The molecule has 24 heavy (non-hydrogen) atoms. The van der Waals surface area contributed by atoms with E-state index >= 15 is 0 Å². The van der Waals surface area contributed by atoms with Crippen LogP contribution in [0.4, 0.5) is 0 Å². The summed E-state index contributed by atoms with van der Waals surface area (Å²) in [6.07, 6.45) is 0. The van der Waals surface area contributed by atoms with Gasteiger partial charge in [0.05, 0.1) is 12.1 Å². The van der Waals surface area contributed by atoms with E-state index in [0.29, 0.717) is 60.5 Å². The number of aliphatic imine (C=N–C) groups is 2. The Labute approximate surface area is 148 Å². The fourth-order valence-corrected chi connectivity index (χ4v) is 4.72. The molecule has 0 aromatic heterocycles. The molecule has 0 amide bonds. The lowest BCUT2D eigenvalue weighted by molar-refractivity contribution is 0.192. The summed E-state index contributed by atoms with van der Waals surface area (Å²) in [5.74, 6) is 4.66. The molecule has 2 atom stereocenters. The molecule has 0 radical (unpaired) electrons. The van der Waals surface area contributed by atoms with E-state index in [-0.39, 0.29) is 12.1 Å². The van der Waals surface area contributed by atoms with Crippen molar-refractivity contribution in [1.82, 2.24) is 0 Å². The molecule has 4 heteroatoms. The van der Waals surface area contributed by atoms with Crippen molar-refractivity contribution in [2.45, 2.75) is 67.5 Å². The minimum atomic E-state index is 0.219. The van der Waals surface area contributed by atoms with E-state index in [0.717, 1.165) is 0 Å². The van der Waals surface area contributed by atoms with Crippen LogP contribution in [0.1, 0.15) is 55.4 Å². The third-order valence-electron chi connectivity index (χ3n) is 5.50. The Kier molecular flexibility index (Phi) is 6.33. The third kappa shape index (κ3) is 4.12. The molecule has 2 aliphatic heterocycles. The van der Waals surface area contributed by atoms with Crippen LogP contribution in [0.5, 0.6) is 0 Å². The van der Waals surface area contributed by atoms with E-state index in [9.17, 15) is 0 Å². The molecule has 0 fully saturated rings. The van der Waals surface area contributed by atoms with E-state index in [2.05, 4.69) is 55.4 Å². The zero-order valence-electron chi connectivity index (χ0n) is 16.7. The van der Waals surface area contributed by atoms with E-state index < -0.39 is 0 Å². The zero-order valence-corrected chi connectivity index (χ0v) is 16.7. The predicted molar refractivity (Wildman–Crippen MR) is 101 cm³/mol. The fourth-order valence-electron chi connectivity index (χ4n) is 4.72. The largest absolute Gasteiger partial charge is 0.472 e. The van der Waals surface area contributed by atoms with Crippen LogP contribution in [0.2, 0.25) is 0 Å². The van der Waals surface area contributed by atoms with Gasteiger partial charge in [-0.25, -0.2) is 9.98 Å². The van der Waals surface area contributed by atoms with Gasteiger partial charge < -0.3 is 9.47 Å². The summed E-state index contributed by atoms with van der Waals surface area (Å²) in [5.41, 5.74) is 0. The highest BCUT2D eigenvalue weighted by Crippen LogP contribution is 2.31. The normalized spacial score (nSPS) is 24.4.